The number of nitrogens with zero attached hydrogens (tertiary/aromatic N) is 4. The number of likely N-dealkylation sites (tertiary alicyclic amines) is 2. The molecular formula is C48H66N8O10. The van der Waals surface area contributed by atoms with Crippen LogP contribution in [0.1, 0.15) is 90.0 Å². The first-order valence-corrected chi connectivity index (χ1v) is 22.9. The van der Waals surface area contributed by atoms with E-state index in [9.17, 15) is 19.2 Å². The van der Waals surface area contributed by atoms with Gasteiger partial charge in [0.15, 0.2) is 11.5 Å². The van der Waals surface area contributed by atoms with Crippen molar-refractivity contribution in [1.29, 1.82) is 0 Å². The van der Waals surface area contributed by atoms with Gasteiger partial charge in [0.1, 0.15) is 36.9 Å². The van der Waals surface area contributed by atoms with Crippen LogP contribution in [0.5, 0.6) is 11.5 Å². The number of methoxy groups -OCH3 is 4. The van der Waals surface area contributed by atoms with Gasteiger partial charge in [0.25, 0.3) is 0 Å². The van der Waals surface area contributed by atoms with E-state index >= 15 is 0 Å². The fourth-order valence-electron chi connectivity index (χ4n) is 8.59. The molecule has 4 aromatic rings. The zero-order valence-corrected chi connectivity index (χ0v) is 39.4. The molecule has 2 fully saturated rings. The van der Waals surface area contributed by atoms with Crippen molar-refractivity contribution in [1.82, 2.24) is 40.4 Å². The third kappa shape index (κ3) is 11.3. The van der Waals surface area contributed by atoms with Gasteiger partial charge in [0.05, 0.1) is 63.3 Å². The first-order chi connectivity index (χ1) is 32.0. The number of benzene rings is 2. The summed E-state index contributed by atoms with van der Waals surface area (Å²) in [5.74, 6) is 1.79. The Morgan fingerprint density at radius 3 is 1.55 bits per heavy atom. The Bertz CT molecular complexity index is 2250. The highest BCUT2D eigenvalue weighted by Crippen LogP contribution is 2.46. The Morgan fingerprint density at radius 2 is 1.08 bits per heavy atom. The van der Waals surface area contributed by atoms with E-state index in [1.54, 1.807) is 31.5 Å². The van der Waals surface area contributed by atoms with Crippen molar-refractivity contribution < 1.29 is 47.6 Å². The predicted octanol–water partition coefficient (Wildman–Crippen LogP) is 7.05. The van der Waals surface area contributed by atoms with Crippen LogP contribution >= 0.6 is 0 Å². The highest BCUT2D eigenvalue weighted by Gasteiger charge is 2.40. The third-order valence-electron chi connectivity index (χ3n) is 12.7. The standard InChI is InChI=1S/C48H66N8O10/c1-9-29(3)39(53-47(59)63-7)45(57)55-21-11-13-37(55)43-49-27-35(51-43)32-17-15-31(16-18-32)33-19-20-34(42(66-26-24-62-6)41(33)65-25-23-61-5)36-28-50-44(52-36)38-14-12-22-56(38)46(58)40(30(4)10-2)54-48(60)64-8/h15-20,27-30,37-40H,9-14,21-26H2,1-8H3,(H,49,51)(H,50,52)(H,53,59)(H,54,60)/t29-,30-,37-,38-,39-,40-/m0/s1. The van der Waals surface area contributed by atoms with Crippen molar-refractivity contribution in [2.75, 3.05) is 68.0 Å². The number of aromatic amines is 2. The molecule has 0 spiro atoms. The minimum absolute atomic E-state index is 0.0868. The van der Waals surface area contributed by atoms with Crippen LogP contribution in [0, 0.1) is 11.8 Å². The summed E-state index contributed by atoms with van der Waals surface area (Å²) in [6, 6.07) is 9.93. The maximum atomic E-state index is 14.0. The number of hydrogen-bond donors (Lipinski definition) is 4. The lowest BCUT2D eigenvalue weighted by Gasteiger charge is -2.30. The summed E-state index contributed by atoms with van der Waals surface area (Å²) in [6.45, 7) is 10.1. The van der Waals surface area contributed by atoms with E-state index in [0.717, 1.165) is 41.6 Å². The molecule has 0 bridgehead atoms. The normalized spacial score (nSPS) is 17.8. The van der Waals surface area contributed by atoms with Crippen molar-refractivity contribution in [2.45, 2.75) is 90.4 Å². The summed E-state index contributed by atoms with van der Waals surface area (Å²) >= 11 is 0. The Balaban J connectivity index is 1.28. The maximum Gasteiger partial charge on any atom is 0.407 e. The first-order valence-electron chi connectivity index (χ1n) is 22.9. The Hall–Kier alpha value is -6.14. The predicted molar refractivity (Wildman–Crippen MR) is 247 cm³/mol. The van der Waals surface area contributed by atoms with Gasteiger partial charge in [-0.1, -0.05) is 64.8 Å². The van der Waals surface area contributed by atoms with Crippen LogP contribution in [0.4, 0.5) is 9.59 Å². The smallest absolute Gasteiger partial charge is 0.407 e. The number of ether oxygens (including phenoxy) is 6. The monoisotopic (exact) mass is 914 g/mol. The second-order valence-electron chi connectivity index (χ2n) is 16.8. The highest BCUT2D eigenvalue weighted by atomic mass is 16.6. The second-order valence-corrected chi connectivity index (χ2v) is 16.8. The summed E-state index contributed by atoms with van der Waals surface area (Å²) in [5, 5.41) is 5.50. The van der Waals surface area contributed by atoms with Gasteiger partial charge in [0.2, 0.25) is 11.8 Å². The summed E-state index contributed by atoms with van der Waals surface area (Å²) in [5.41, 5.74) is 4.74. The molecule has 6 rings (SSSR count). The summed E-state index contributed by atoms with van der Waals surface area (Å²) in [4.78, 5) is 72.4. The zero-order valence-electron chi connectivity index (χ0n) is 39.4. The molecule has 4 amide bonds. The maximum absolute atomic E-state index is 14.0. The van der Waals surface area contributed by atoms with Crippen molar-refractivity contribution in [2.24, 2.45) is 11.8 Å². The summed E-state index contributed by atoms with van der Waals surface area (Å²) in [6.07, 6.45) is 6.69. The topological polar surface area (TPSA) is 212 Å². The van der Waals surface area contributed by atoms with Crippen molar-refractivity contribution >= 4 is 24.0 Å². The number of rotatable bonds is 21. The average molecular weight is 915 g/mol. The van der Waals surface area contributed by atoms with Crippen LogP contribution in [0.2, 0.25) is 0 Å². The molecule has 2 aliphatic rings. The first kappa shape index (κ1) is 49.3. The van der Waals surface area contributed by atoms with E-state index in [0.29, 0.717) is 80.0 Å². The van der Waals surface area contributed by atoms with Gasteiger partial charge < -0.3 is 58.8 Å². The minimum Gasteiger partial charge on any atom is -0.487 e. The Labute approximate surface area is 386 Å². The van der Waals surface area contributed by atoms with Crippen LogP contribution in [-0.2, 0) is 28.5 Å². The van der Waals surface area contributed by atoms with Gasteiger partial charge in [-0.15, -0.1) is 0 Å². The number of aromatic nitrogens is 4. The van der Waals surface area contributed by atoms with Gasteiger partial charge >= 0.3 is 12.2 Å². The molecular weight excluding hydrogens is 849 g/mol. The molecule has 2 aromatic carbocycles. The third-order valence-corrected chi connectivity index (χ3v) is 12.7. The van der Waals surface area contributed by atoms with Gasteiger partial charge in [-0.2, -0.15) is 0 Å². The lowest BCUT2D eigenvalue weighted by atomic mass is 9.97. The fraction of sp³-hybridized carbons (Fsp3) is 0.542. The van der Waals surface area contributed by atoms with E-state index in [-0.39, 0.29) is 48.9 Å². The zero-order chi connectivity index (χ0) is 47.3. The molecule has 66 heavy (non-hydrogen) atoms. The lowest BCUT2D eigenvalue weighted by Crippen LogP contribution is -2.51. The SMILES string of the molecule is CC[C@H](C)[C@H](NC(=O)OC)C(=O)N1CCC[C@H]1c1ncc(-c2ccc(-c3ccc(-c4cnc([C@@H]5CCCN5C(=O)[C@@H](NC(=O)OC)[C@@H](C)CC)[nH]4)c(OCCOC)c3OCCOC)cc2)[nH]1. The number of carbonyl (C=O) groups is 4. The van der Waals surface area contributed by atoms with Gasteiger partial charge in [-0.05, 0) is 60.8 Å². The number of imidazole rings is 2. The molecule has 0 unspecified atom stereocenters. The molecule has 2 aromatic heterocycles. The molecule has 18 nitrogen and oxygen atoms in total. The van der Waals surface area contributed by atoms with E-state index in [4.69, 9.17) is 38.4 Å². The number of carbonyl (C=O) groups excluding carboxylic acids is 4. The molecule has 6 atom stereocenters. The van der Waals surface area contributed by atoms with Crippen LogP contribution in [0.25, 0.3) is 33.6 Å². The lowest BCUT2D eigenvalue weighted by molar-refractivity contribution is -0.136. The van der Waals surface area contributed by atoms with Crippen molar-refractivity contribution in [3.63, 3.8) is 0 Å². The summed E-state index contributed by atoms with van der Waals surface area (Å²) < 4.78 is 33.4. The number of nitrogens with one attached hydrogen (secondary N) is 4. The van der Waals surface area contributed by atoms with E-state index in [2.05, 4.69) is 20.6 Å². The molecule has 18 heteroatoms. The number of alkyl carbamates (subject to hydrolysis) is 2. The van der Waals surface area contributed by atoms with Crippen LogP contribution in [0.3, 0.4) is 0 Å². The molecule has 0 aliphatic carbocycles. The molecule has 0 radical (unpaired) electrons. The van der Waals surface area contributed by atoms with Crippen molar-refractivity contribution in [3.05, 3.63) is 60.4 Å². The number of amides is 4. The summed E-state index contributed by atoms with van der Waals surface area (Å²) in [7, 11) is 5.80. The van der Waals surface area contributed by atoms with Gasteiger partial charge in [-0.3, -0.25) is 9.59 Å². The molecule has 358 valence electrons. The minimum atomic E-state index is -0.740. The number of hydrogen-bond acceptors (Lipinski definition) is 12. The average Bonchev–Trinajstić information content (AvgIpc) is 4.19. The molecule has 0 saturated carbocycles. The fourth-order valence-corrected chi connectivity index (χ4v) is 8.59. The van der Waals surface area contributed by atoms with Gasteiger partial charge in [0, 0.05) is 38.4 Å². The molecule has 4 heterocycles. The Kier molecular flexibility index (Phi) is 17.4. The van der Waals surface area contributed by atoms with Crippen LogP contribution in [0.15, 0.2) is 48.8 Å². The second kappa shape index (κ2) is 23.4. The number of H-pyrrole nitrogens is 2. The Morgan fingerprint density at radius 1 is 0.636 bits per heavy atom. The quantitative estimate of drug-likeness (QED) is 0.0620. The molecule has 2 aliphatic heterocycles. The highest BCUT2D eigenvalue weighted by molar-refractivity contribution is 5.88. The van der Waals surface area contributed by atoms with Gasteiger partial charge in [-0.25, -0.2) is 19.6 Å². The van der Waals surface area contributed by atoms with Crippen LogP contribution < -0.4 is 20.1 Å². The molecule has 4 N–H and O–H groups in total. The van der Waals surface area contributed by atoms with E-state index in [1.165, 1.54) is 14.2 Å². The molecule has 2 saturated heterocycles. The van der Waals surface area contributed by atoms with E-state index in [1.807, 2.05) is 69.0 Å². The van der Waals surface area contributed by atoms with Crippen molar-refractivity contribution in [3.8, 4) is 45.1 Å². The largest absolute Gasteiger partial charge is 0.487 e. The van der Waals surface area contributed by atoms with Crippen LogP contribution in [-0.4, -0.2) is 134 Å². The van der Waals surface area contributed by atoms with E-state index < -0.39 is 24.3 Å².